The second kappa shape index (κ2) is 10.9. The highest BCUT2D eigenvalue weighted by atomic mass is 16.5. The summed E-state index contributed by atoms with van der Waals surface area (Å²) in [6.45, 7) is 3.00. The van der Waals surface area contributed by atoms with E-state index in [-0.39, 0.29) is 17.8 Å². The minimum absolute atomic E-state index is 0.0954. The zero-order valence-electron chi connectivity index (χ0n) is 17.8. The number of nitrogens with one attached hydrogen (secondary N) is 2. The van der Waals surface area contributed by atoms with E-state index in [4.69, 9.17) is 9.47 Å². The molecule has 0 aromatic heterocycles. The molecule has 0 fully saturated rings. The van der Waals surface area contributed by atoms with Gasteiger partial charge in [0.2, 0.25) is 0 Å². The predicted octanol–water partition coefficient (Wildman–Crippen LogP) is 4.43. The molecule has 6 nitrogen and oxygen atoms in total. The number of benzene rings is 3. The number of aromatic hydroxyl groups is 1. The first-order valence-corrected chi connectivity index (χ1v) is 10.3. The third-order valence-corrected chi connectivity index (χ3v) is 4.88. The van der Waals surface area contributed by atoms with Crippen molar-refractivity contribution >= 4 is 6.03 Å². The van der Waals surface area contributed by atoms with E-state index in [2.05, 4.69) is 10.6 Å². The summed E-state index contributed by atoms with van der Waals surface area (Å²) < 4.78 is 10.7. The molecule has 2 amide bonds. The lowest BCUT2D eigenvalue weighted by Gasteiger charge is -2.20. The first kappa shape index (κ1) is 22.0. The van der Waals surface area contributed by atoms with Crippen molar-refractivity contribution < 1.29 is 19.4 Å². The summed E-state index contributed by atoms with van der Waals surface area (Å²) in [5, 5.41) is 15.7. The molecule has 0 bridgehead atoms. The van der Waals surface area contributed by atoms with Crippen LogP contribution in [0, 0.1) is 0 Å². The molecule has 162 valence electrons. The van der Waals surface area contributed by atoms with Gasteiger partial charge in [-0.25, -0.2) is 4.79 Å². The molecule has 0 saturated heterocycles. The van der Waals surface area contributed by atoms with E-state index in [1.54, 1.807) is 12.1 Å². The number of urea groups is 1. The Bertz CT molecular complexity index is 975. The van der Waals surface area contributed by atoms with Crippen molar-refractivity contribution in [2.75, 3.05) is 20.3 Å². The van der Waals surface area contributed by atoms with Gasteiger partial charge in [0.1, 0.15) is 5.75 Å². The zero-order chi connectivity index (χ0) is 22.1. The molecule has 0 aliphatic carbocycles. The van der Waals surface area contributed by atoms with E-state index in [0.29, 0.717) is 25.3 Å². The van der Waals surface area contributed by atoms with Crippen LogP contribution in [0.25, 0.3) is 0 Å². The van der Waals surface area contributed by atoms with Gasteiger partial charge in [-0.2, -0.15) is 0 Å². The molecule has 6 heteroatoms. The van der Waals surface area contributed by atoms with Crippen molar-refractivity contribution in [3.8, 4) is 17.2 Å². The summed E-state index contributed by atoms with van der Waals surface area (Å²) in [4.78, 5) is 12.6. The largest absolute Gasteiger partial charge is 0.504 e. The van der Waals surface area contributed by atoms with E-state index in [9.17, 15) is 9.90 Å². The van der Waals surface area contributed by atoms with Gasteiger partial charge in [-0.15, -0.1) is 0 Å². The minimum Gasteiger partial charge on any atom is -0.504 e. The normalized spacial score (nSPS) is 11.4. The van der Waals surface area contributed by atoms with Crippen LogP contribution in [0.5, 0.6) is 17.2 Å². The monoisotopic (exact) mass is 420 g/mol. The van der Waals surface area contributed by atoms with Crippen LogP contribution in [-0.2, 0) is 6.42 Å². The Morgan fingerprint density at radius 2 is 1.71 bits per heavy atom. The number of carbonyl (C=O) groups is 1. The van der Waals surface area contributed by atoms with Crippen molar-refractivity contribution in [1.29, 1.82) is 0 Å². The third kappa shape index (κ3) is 6.15. The highest BCUT2D eigenvalue weighted by molar-refractivity contribution is 5.75. The lowest BCUT2D eigenvalue weighted by molar-refractivity contribution is 0.239. The van der Waals surface area contributed by atoms with Crippen LogP contribution in [0.2, 0.25) is 0 Å². The van der Waals surface area contributed by atoms with E-state index in [0.717, 1.165) is 22.4 Å². The molecule has 0 saturated carbocycles. The first-order valence-electron chi connectivity index (χ1n) is 10.3. The lowest BCUT2D eigenvalue weighted by Crippen LogP contribution is -2.39. The van der Waals surface area contributed by atoms with Gasteiger partial charge >= 0.3 is 6.03 Å². The smallest absolute Gasteiger partial charge is 0.315 e. The Labute approximate surface area is 182 Å². The summed E-state index contributed by atoms with van der Waals surface area (Å²) in [5.74, 6) is 1.31. The summed E-state index contributed by atoms with van der Waals surface area (Å²) in [6.07, 6.45) is 0.614. The van der Waals surface area contributed by atoms with E-state index in [1.165, 1.54) is 7.11 Å². The number of carbonyl (C=O) groups excluding carboxylic acids is 1. The van der Waals surface area contributed by atoms with Crippen LogP contribution in [0.4, 0.5) is 4.79 Å². The zero-order valence-corrected chi connectivity index (χ0v) is 17.8. The maximum atomic E-state index is 12.6. The number of methoxy groups -OCH3 is 1. The van der Waals surface area contributed by atoms with Gasteiger partial charge in [0, 0.05) is 6.54 Å². The highest BCUT2D eigenvalue weighted by Gasteiger charge is 2.17. The Morgan fingerprint density at radius 3 is 2.39 bits per heavy atom. The van der Waals surface area contributed by atoms with Gasteiger partial charge in [-0.3, -0.25) is 0 Å². The topological polar surface area (TPSA) is 79.8 Å². The number of amides is 2. The van der Waals surface area contributed by atoms with Crippen LogP contribution in [-0.4, -0.2) is 31.4 Å². The summed E-state index contributed by atoms with van der Waals surface area (Å²) in [5.41, 5.74) is 2.92. The van der Waals surface area contributed by atoms with Crippen molar-refractivity contribution in [3.05, 3.63) is 89.5 Å². The molecule has 1 atom stereocenters. The summed E-state index contributed by atoms with van der Waals surface area (Å²) in [6, 6.07) is 22.2. The van der Waals surface area contributed by atoms with Gasteiger partial charge in [-0.1, -0.05) is 48.5 Å². The van der Waals surface area contributed by atoms with Crippen LogP contribution in [0.1, 0.15) is 29.7 Å². The molecule has 3 aromatic carbocycles. The molecular formula is C25H28N2O4. The van der Waals surface area contributed by atoms with Gasteiger partial charge < -0.3 is 25.2 Å². The Kier molecular flexibility index (Phi) is 7.76. The molecule has 3 aromatic rings. The molecular weight excluding hydrogens is 392 g/mol. The van der Waals surface area contributed by atoms with Crippen molar-refractivity contribution in [2.45, 2.75) is 19.4 Å². The summed E-state index contributed by atoms with van der Waals surface area (Å²) >= 11 is 0. The lowest BCUT2D eigenvalue weighted by atomic mass is 9.99. The quantitative estimate of drug-likeness (QED) is 0.478. The van der Waals surface area contributed by atoms with Gasteiger partial charge in [-0.05, 0) is 54.3 Å². The number of phenols is 1. The molecule has 0 aliphatic rings. The number of hydrogen-bond donors (Lipinski definition) is 3. The second-order valence-electron chi connectivity index (χ2n) is 7.00. The number of rotatable bonds is 9. The average molecular weight is 421 g/mol. The maximum Gasteiger partial charge on any atom is 0.315 e. The molecule has 0 spiro atoms. The third-order valence-electron chi connectivity index (χ3n) is 4.88. The molecule has 0 heterocycles. The van der Waals surface area contributed by atoms with Gasteiger partial charge in [0.25, 0.3) is 0 Å². The van der Waals surface area contributed by atoms with Gasteiger partial charge in [0.05, 0.1) is 19.8 Å². The fourth-order valence-corrected chi connectivity index (χ4v) is 3.31. The first-order chi connectivity index (χ1) is 15.1. The van der Waals surface area contributed by atoms with Crippen molar-refractivity contribution in [2.24, 2.45) is 0 Å². The van der Waals surface area contributed by atoms with E-state index >= 15 is 0 Å². The fourth-order valence-electron chi connectivity index (χ4n) is 3.31. The fraction of sp³-hybridized carbons (Fsp3) is 0.240. The minimum atomic E-state index is -0.286. The molecule has 0 aliphatic heterocycles. The van der Waals surface area contributed by atoms with E-state index in [1.807, 2.05) is 67.6 Å². The van der Waals surface area contributed by atoms with Crippen molar-refractivity contribution in [3.63, 3.8) is 0 Å². The Balaban J connectivity index is 1.64. The van der Waals surface area contributed by atoms with Crippen molar-refractivity contribution in [1.82, 2.24) is 10.6 Å². The number of hydrogen-bond acceptors (Lipinski definition) is 4. The SMILES string of the molecule is CCOc1ccc(C(NC(=O)NCCc2ccc(O)c(OC)c2)c2ccccc2)cc1. The predicted molar refractivity (Wildman–Crippen MR) is 121 cm³/mol. The molecule has 1 unspecified atom stereocenters. The van der Waals surface area contributed by atoms with Gasteiger partial charge in [0.15, 0.2) is 11.5 Å². The number of phenolic OH excluding ortho intramolecular Hbond substituents is 1. The number of ether oxygens (including phenoxy) is 2. The highest BCUT2D eigenvalue weighted by Crippen LogP contribution is 2.26. The Hall–Kier alpha value is -3.67. The van der Waals surface area contributed by atoms with Crippen LogP contribution in [0.3, 0.4) is 0 Å². The average Bonchev–Trinajstić information content (AvgIpc) is 2.80. The standard InChI is InChI=1S/C25H28N2O4/c1-3-31-21-12-10-20(11-13-21)24(19-7-5-4-6-8-19)27-25(29)26-16-15-18-9-14-22(28)23(17-18)30-2/h4-14,17,24,28H,3,15-16H2,1-2H3,(H2,26,27,29). The van der Waals surface area contributed by atoms with E-state index < -0.39 is 0 Å². The molecule has 0 radical (unpaired) electrons. The maximum absolute atomic E-state index is 12.6. The van der Waals surface area contributed by atoms with Crippen LogP contribution < -0.4 is 20.1 Å². The molecule has 3 N–H and O–H groups in total. The van der Waals surface area contributed by atoms with Crippen LogP contribution >= 0.6 is 0 Å². The summed E-state index contributed by atoms with van der Waals surface area (Å²) in [7, 11) is 1.51. The second-order valence-corrected chi connectivity index (χ2v) is 7.00. The molecule has 31 heavy (non-hydrogen) atoms. The van der Waals surface area contributed by atoms with Crippen LogP contribution in [0.15, 0.2) is 72.8 Å². The Morgan fingerprint density at radius 1 is 1.00 bits per heavy atom. The molecule has 3 rings (SSSR count).